The van der Waals surface area contributed by atoms with Crippen LogP contribution in [0.3, 0.4) is 0 Å². The third kappa shape index (κ3) is 3.65. The van der Waals surface area contributed by atoms with Gasteiger partial charge in [0.15, 0.2) is 0 Å². The van der Waals surface area contributed by atoms with Crippen LogP contribution in [0.1, 0.15) is 17.7 Å². The molecule has 1 aromatic rings. The molecule has 1 fully saturated rings. The lowest BCUT2D eigenvalue weighted by molar-refractivity contribution is 0.220. The number of piperidine rings is 1. The summed E-state index contributed by atoms with van der Waals surface area (Å²) < 4.78 is 28.9. The summed E-state index contributed by atoms with van der Waals surface area (Å²) in [5, 5.41) is 0. The maximum Gasteiger partial charge on any atom is 0.242 e. The van der Waals surface area contributed by atoms with Crippen LogP contribution in [-0.2, 0) is 10.0 Å². The molecule has 0 atom stereocenters. The smallest absolute Gasteiger partial charge is 0.242 e. The molecule has 118 valence electrons. The number of thiophene rings is 1. The third-order valence-corrected chi connectivity index (χ3v) is 7.51. The van der Waals surface area contributed by atoms with E-state index in [1.54, 1.807) is 13.0 Å². The van der Waals surface area contributed by atoms with Gasteiger partial charge in [-0.15, -0.1) is 11.3 Å². The number of nitrogens with two attached hydrogens (primary N) is 1. The molecular formula is C12H18BrN3O2S3. The maximum atomic E-state index is 12.7. The predicted molar refractivity (Wildman–Crippen MR) is 93.3 cm³/mol. The van der Waals surface area contributed by atoms with Gasteiger partial charge in [0.05, 0.1) is 19.2 Å². The molecule has 21 heavy (non-hydrogen) atoms. The second kappa shape index (κ2) is 6.21. The molecule has 0 aromatic carbocycles. The van der Waals surface area contributed by atoms with Gasteiger partial charge in [0.25, 0.3) is 0 Å². The summed E-state index contributed by atoms with van der Waals surface area (Å²) in [5.74, 6) is 0. The highest BCUT2D eigenvalue weighted by molar-refractivity contribution is 9.11. The molecule has 0 unspecified atom stereocenters. The molecule has 0 spiro atoms. The van der Waals surface area contributed by atoms with Gasteiger partial charge in [0, 0.05) is 18.0 Å². The summed E-state index contributed by atoms with van der Waals surface area (Å²) in [7, 11) is -1.65. The van der Waals surface area contributed by atoms with Gasteiger partial charge in [-0.25, -0.2) is 8.42 Å². The number of aryl methyl sites for hydroxylation is 1. The van der Waals surface area contributed by atoms with Gasteiger partial charge in [-0.1, -0.05) is 12.2 Å². The molecule has 3 N–H and O–H groups in total. The molecule has 5 nitrogen and oxygen atoms in total. The molecule has 2 heterocycles. The van der Waals surface area contributed by atoms with Crippen molar-refractivity contribution in [3.05, 3.63) is 14.7 Å². The van der Waals surface area contributed by atoms with Crippen LogP contribution in [0.5, 0.6) is 0 Å². The lowest BCUT2D eigenvalue weighted by Gasteiger charge is -2.40. The topological polar surface area (TPSA) is 75.4 Å². The van der Waals surface area contributed by atoms with Crippen LogP contribution in [0.4, 0.5) is 0 Å². The minimum Gasteiger partial charge on any atom is -0.392 e. The number of nitrogens with zero attached hydrogens (tertiary/aromatic N) is 1. The Hall–Kier alpha value is -0.0600. The number of rotatable bonds is 4. The molecule has 0 aliphatic carbocycles. The number of sulfonamides is 1. The van der Waals surface area contributed by atoms with Crippen LogP contribution >= 0.6 is 39.5 Å². The molecule has 2 rings (SSSR count). The summed E-state index contributed by atoms with van der Waals surface area (Å²) in [5.41, 5.74) is 5.02. The highest BCUT2D eigenvalue weighted by Crippen LogP contribution is 2.32. The van der Waals surface area contributed by atoms with E-state index in [-0.39, 0.29) is 9.88 Å². The van der Waals surface area contributed by atoms with E-state index in [4.69, 9.17) is 18.0 Å². The number of nitrogens with one attached hydrogen (secondary N) is 1. The van der Waals surface area contributed by atoms with Gasteiger partial charge >= 0.3 is 0 Å². The van der Waals surface area contributed by atoms with Gasteiger partial charge in [-0.2, -0.15) is 4.72 Å². The van der Waals surface area contributed by atoms with Crippen molar-refractivity contribution in [1.29, 1.82) is 0 Å². The Morgan fingerprint density at radius 2 is 2.10 bits per heavy atom. The van der Waals surface area contributed by atoms with Crippen molar-refractivity contribution in [3.8, 4) is 0 Å². The van der Waals surface area contributed by atoms with Crippen LogP contribution in [-0.4, -0.2) is 44.0 Å². The Morgan fingerprint density at radius 3 is 2.52 bits per heavy atom. The van der Waals surface area contributed by atoms with Crippen LogP contribution in [0, 0.1) is 6.92 Å². The van der Waals surface area contributed by atoms with Crippen LogP contribution in [0.2, 0.25) is 0 Å². The summed E-state index contributed by atoms with van der Waals surface area (Å²) in [6.07, 6.45) is 1.17. The van der Waals surface area contributed by atoms with Crippen molar-refractivity contribution in [1.82, 2.24) is 9.62 Å². The van der Waals surface area contributed by atoms with E-state index in [1.807, 2.05) is 7.05 Å². The Morgan fingerprint density at radius 1 is 1.52 bits per heavy atom. The summed E-state index contributed by atoms with van der Waals surface area (Å²) >= 11 is 9.86. The van der Waals surface area contributed by atoms with E-state index >= 15 is 0 Å². The monoisotopic (exact) mass is 411 g/mol. The predicted octanol–water partition coefficient (Wildman–Crippen LogP) is 1.85. The van der Waals surface area contributed by atoms with E-state index in [1.165, 1.54) is 11.3 Å². The number of likely N-dealkylation sites (tertiary alicyclic amines) is 1. The molecule has 1 aromatic heterocycles. The van der Waals surface area contributed by atoms with Crippen molar-refractivity contribution >= 4 is 54.5 Å². The fourth-order valence-corrected chi connectivity index (χ4v) is 6.58. The first kappa shape index (κ1) is 17.3. The summed E-state index contributed by atoms with van der Waals surface area (Å²) in [6.45, 7) is 3.30. The lowest BCUT2D eigenvalue weighted by atomic mass is 9.89. The minimum absolute atomic E-state index is 0.214. The van der Waals surface area contributed by atoms with Crippen LogP contribution in [0.25, 0.3) is 0 Å². The fourth-order valence-electron chi connectivity index (χ4n) is 2.41. The van der Waals surface area contributed by atoms with E-state index in [0.29, 0.717) is 12.8 Å². The van der Waals surface area contributed by atoms with Gasteiger partial charge in [-0.3, -0.25) is 0 Å². The van der Waals surface area contributed by atoms with E-state index in [0.717, 1.165) is 21.8 Å². The number of halogens is 1. The van der Waals surface area contributed by atoms with E-state index in [2.05, 4.69) is 25.6 Å². The minimum atomic E-state index is -3.65. The maximum absolute atomic E-state index is 12.7. The zero-order chi connectivity index (χ0) is 15.8. The molecule has 9 heteroatoms. The van der Waals surface area contributed by atoms with Crippen molar-refractivity contribution in [3.63, 3.8) is 0 Å². The van der Waals surface area contributed by atoms with Crippen molar-refractivity contribution in [2.24, 2.45) is 5.73 Å². The van der Waals surface area contributed by atoms with Gasteiger partial charge in [-0.05, 0) is 48.8 Å². The first-order valence-electron chi connectivity index (χ1n) is 6.45. The molecule has 1 saturated heterocycles. The number of hydrogen-bond donors (Lipinski definition) is 2. The molecule has 0 bridgehead atoms. The SMILES string of the molecule is Cc1sc(Br)cc1S(=O)(=O)NC1(C(N)=S)CCN(C)CC1. The quantitative estimate of drug-likeness (QED) is 0.739. The molecular weight excluding hydrogens is 394 g/mol. The zero-order valence-electron chi connectivity index (χ0n) is 11.8. The average Bonchev–Trinajstić information content (AvgIpc) is 2.72. The highest BCUT2D eigenvalue weighted by Gasteiger charge is 2.41. The van der Waals surface area contributed by atoms with E-state index in [9.17, 15) is 8.42 Å². The highest BCUT2D eigenvalue weighted by atomic mass is 79.9. The second-order valence-electron chi connectivity index (χ2n) is 5.33. The second-order valence-corrected chi connectivity index (χ2v) is 10.1. The van der Waals surface area contributed by atoms with E-state index < -0.39 is 15.6 Å². The van der Waals surface area contributed by atoms with Gasteiger partial charge in [0.1, 0.15) is 0 Å². The molecule has 0 amide bonds. The largest absolute Gasteiger partial charge is 0.392 e. The first-order valence-corrected chi connectivity index (χ1v) is 9.95. The Kier molecular flexibility index (Phi) is 5.11. The molecule has 1 aliphatic heterocycles. The van der Waals surface area contributed by atoms with Crippen LogP contribution in [0.15, 0.2) is 14.7 Å². The van der Waals surface area contributed by atoms with Crippen LogP contribution < -0.4 is 10.5 Å². The van der Waals surface area contributed by atoms with Crippen molar-refractivity contribution < 1.29 is 8.42 Å². The fraction of sp³-hybridized carbons (Fsp3) is 0.583. The van der Waals surface area contributed by atoms with Gasteiger partial charge < -0.3 is 10.6 Å². The molecule has 0 saturated carbocycles. The summed E-state index contributed by atoms with van der Waals surface area (Å²) in [6, 6.07) is 1.62. The Bertz CT molecular complexity index is 649. The third-order valence-electron chi connectivity index (χ3n) is 3.77. The molecule has 0 radical (unpaired) electrons. The van der Waals surface area contributed by atoms with Gasteiger partial charge in [0.2, 0.25) is 10.0 Å². The molecule has 1 aliphatic rings. The first-order chi connectivity index (χ1) is 9.66. The Labute approximate surface area is 143 Å². The lowest BCUT2D eigenvalue weighted by Crippen LogP contribution is -2.61. The zero-order valence-corrected chi connectivity index (χ0v) is 15.9. The number of hydrogen-bond acceptors (Lipinski definition) is 5. The standard InChI is InChI=1S/C12H18BrN3O2S3/c1-8-9(7-10(13)20-8)21(17,18)15-12(11(14)19)3-5-16(2)6-4-12/h7,15H,3-6H2,1-2H3,(H2,14,19). The normalized spacial score (nSPS) is 19.6. The Balaban J connectivity index is 2.33. The average molecular weight is 412 g/mol. The van der Waals surface area contributed by atoms with Crippen molar-refractivity contribution in [2.45, 2.75) is 30.2 Å². The summed E-state index contributed by atoms with van der Waals surface area (Å²) in [4.78, 5) is 3.37. The van der Waals surface area contributed by atoms with Crippen molar-refractivity contribution in [2.75, 3.05) is 20.1 Å². The number of thiocarbonyl (C=S) groups is 1.